The summed E-state index contributed by atoms with van der Waals surface area (Å²) in [4.78, 5) is 17.5. The molecule has 0 fully saturated rings. The van der Waals surface area contributed by atoms with E-state index in [1.807, 2.05) is 0 Å². The minimum atomic E-state index is -0.420. The number of benzene rings is 1. The molecule has 29 heavy (non-hydrogen) atoms. The van der Waals surface area contributed by atoms with Gasteiger partial charge in [0, 0.05) is 16.7 Å². The number of fused-ring (bicyclic) bond motifs is 1. The van der Waals surface area contributed by atoms with E-state index in [0.717, 1.165) is 0 Å². The second-order valence-corrected chi connectivity index (χ2v) is 6.94. The number of ether oxygens (including phenoxy) is 3. The SMILES string of the molecule is COC(=O)c1sccc1-c1ccc(/C=N/OCc2cc(F)cc3c2OCOC3)o1. The predicted molar refractivity (Wildman–Crippen MR) is 102 cm³/mol. The number of rotatable bonds is 6. The van der Waals surface area contributed by atoms with Gasteiger partial charge in [-0.25, -0.2) is 9.18 Å². The highest BCUT2D eigenvalue weighted by Crippen LogP contribution is 2.31. The Morgan fingerprint density at radius 1 is 1.34 bits per heavy atom. The van der Waals surface area contributed by atoms with E-state index in [1.165, 1.54) is 36.8 Å². The topological polar surface area (TPSA) is 79.5 Å². The molecule has 2 aromatic heterocycles. The zero-order valence-corrected chi connectivity index (χ0v) is 16.2. The number of carbonyl (C=O) groups excluding carboxylic acids is 1. The molecule has 7 nitrogen and oxygen atoms in total. The van der Waals surface area contributed by atoms with Crippen LogP contribution in [0.4, 0.5) is 4.39 Å². The van der Waals surface area contributed by atoms with Gasteiger partial charge in [-0.2, -0.15) is 0 Å². The Morgan fingerprint density at radius 3 is 3.10 bits per heavy atom. The summed E-state index contributed by atoms with van der Waals surface area (Å²) in [7, 11) is 1.33. The minimum absolute atomic E-state index is 0.0289. The van der Waals surface area contributed by atoms with Crippen LogP contribution in [-0.2, 0) is 27.5 Å². The Morgan fingerprint density at radius 2 is 2.24 bits per heavy atom. The lowest BCUT2D eigenvalue weighted by atomic mass is 10.1. The first kappa shape index (κ1) is 19.2. The largest absolute Gasteiger partial charge is 0.467 e. The number of esters is 1. The van der Waals surface area contributed by atoms with Gasteiger partial charge < -0.3 is 23.5 Å². The number of furan rings is 1. The van der Waals surface area contributed by atoms with E-state index in [2.05, 4.69) is 5.16 Å². The molecule has 0 saturated heterocycles. The van der Waals surface area contributed by atoms with Gasteiger partial charge in [-0.15, -0.1) is 11.3 Å². The van der Waals surface area contributed by atoms with Crippen LogP contribution in [0.25, 0.3) is 11.3 Å². The molecular weight excluding hydrogens is 401 g/mol. The van der Waals surface area contributed by atoms with Crippen LogP contribution in [0.3, 0.4) is 0 Å². The zero-order valence-electron chi connectivity index (χ0n) is 15.3. The Balaban J connectivity index is 1.42. The molecule has 1 aromatic carbocycles. The lowest BCUT2D eigenvalue weighted by Gasteiger charge is -2.20. The molecular formula is C20H16FNO6S. The average Bonchev–Trinajstić information content (AvgIpc) is 3.39. The van der Waals surface area contributed by atoms with E-state index >= 15 is 0 Å². The summed E-state index contributed by atoms with van der Waals surface area (Å²) in [5.74, 6) is 0.693. The minimum Gasteiger partial charge on any atom is -0.467 e. The second-order valence-electron chi connectivity index (χ2n) is 6.03. The number of carbonyl (C=O) groups is 1. The number of thiophene rings is 1. The van der Waals surface area contributed by atoms with E-state index in [9.17, 15) is 9.18 Å². The van der Waals surface area contributed by atoms with Crippen LogP contribution in [0.1, 0.15) is 26.6 Å². The lowest BCUT2D eigenvalue weighted by molar-refractivity contribution is -0.0186. The molecule has 0 aliphatic carbocycles. The lowest BCUT2D eigenvalue weighted by Crippen LogP contribution is -2.13. The fourth-order valence-corrected chi connectivity index (χ4v) is 3.70. The summed E-state index contributed by atoms with van der Waals surface area (Å²) < 4.78 is 34.8. The van der Waals surface area contributed by atoms with E-state index in [-0.39, 0.29) is 20.0 Å². The van der Waals surface area contributed by atoms with Gasteiger partial charge in [0.05, 0.1) is 13.7 Å². The molecule has 4 rings (SSSR count). The highest BCUT2D eigenvalue weighted by Gasteiger charge is 2.18. The smallest absolute Gasteiger partial charge is 0.348 e. The van der Waals surface area contributed by atoms with E-state index in [0.29, 0.717) is 38.8 Å². The first-order valence-corrected chi connectivity index (χ1v) is 9.47. The van der Waals surface area contributed by atoms with Gasteiger partial charge in [-0.05, 0) is 35.7 Å². The fraction of sp³-hybridized carbons (Fsp3) is 0.200. The number of hydrogen-bond acceptors (Lipinski definition) is 8. The van der Waals surface area contributed by atoms with Crippen LogP contribution < -0.4 is 4.74 Å². The summed E-state index contributed by atoms with van der Waals surface area (Å²) >= 11 is 1.27. The standard InChI is InChI=1S/C20H16FNO6S/c1-24-20(23)19-16(4-5-29-19)17-3-2-15(28-17)8-22-27-10-13-7-14(21)6-12-9-25-11-26-18(12)13/h2-8H,9-11H2,1H3/b22-8+. The highest BCUT2D eigenvalue weighted by atomic mass is 32.1. The maximum absolute atomic E-state index is 13.7. The van der Waals surface area contributed by atoms with Gasteiger partial charge in [0.25, 0.3) is 0 Å². The molecule has 1 aliphatic heterocycles. The normalized spacial score (nSPS) is 13.2. The van der Waals surface area contributed by atoms with Crippen molar-refractivity contribution in [2.45, 2.75) is 13.2 Å². The first-order valence-electron chi connectivity index (χ1n) is 8.59. The third-order valence-corrected chi connectivity index (χ3v) is 5.05. The molecule has 3 heterocycles. The Kier molecular flexibility index (Phi) is 5.59. The number of halogens is 1. The van der Waals surface area contributed by atoms with Crippen molar-refractivity contribution in [2.75, 3.05) is 13.9 Å². The van der Waals surface area contributed by atoms with Crippen molar-refractivity contribution in [3.63, 3.8) is 0 Å². The number of methoxy groups -OCH3 is 1. The molecule has 0 spiro atoms. The number of hydrogen-bond donors (Lipinski definition) is 0. The Labute approximate surface area is 169 Å². The van der Waals surface area contributed by atoms with E-state index < -0.39 is 11.8 Å². The van der Waals surface area contributed by atoms with Crippen LogP contribution in [0.15, 0.2) is 45.3 Å². The molecule has 0 atom stereocenters. The summed E-state index contributed by atoms with van der Waals surface area (Å²) in [6.07, 6.45) is 1.39. The second kappa shape index (κ2) is 8.46. The summed E-state index contributed by atoms with van der Waals surface area (Å²) in [6, 6.07) is 7.93. The van der Waals surface area contributed by atoms with Crippen molar-refractivity contribution in [2.24, 2.45) is 5.16 Å². The quantitative estimate of drug-likeness (QED) is 0.337. The van der Waals surface area contributed by atoms with E-state index in [4.69, 9.17) is 23.5 Å². The first-order chi connectivity index (χ1) is 14.2. The molecule has 150 valence electrons. The molecule has 0 unspecified atom stereocenters. The molecule has 0 amide bonds. The maximum Gasteiger partial charge on any atom is 0.348 e. The van der Waals surface area contributed by atoms with Crippen molar-refractivity contribution in [3.05, 3.63) is 63.3 Å². The van der Waals surface area contributed by atoms with Crippen molar-refractivity contribution in [3.8, 4) is 17.1 Å². The Bertz CT molecular complexity index is 1060. The zero-order chi connectivity index (χ0) is 20.2. The Hall–Kier alpha value is -3.17. The molecule has 9 heteroatoms. The molecule has 3 aromatic rings. The van der Waals surface area contributed by atoms with Crippen molar-refractivity contribution >= 4 is 23.5 Å². The number of oxime groups is 1. The molecule has 0 N–H and O–H groups in total. The highest BCUT2D eigenvalue weighted by molar-refractivity contribution is 7.12. The predicted octanol–water partition coefficient (Wildman–Crippen LogP) is 4.35. The molecule has 0 saturated carbocycles. The van der Waals surface area contributed by atoms with Crippen LogP contribution in [0, 0.1) is 5.82 Å². The van der Waals surface area contributed by atoms with Crippen molar-refractivity contribution in [1.82, 2.24) is 0 Å². The molecule has 0 radical (unpaired) electrons. The van der Waals surface area contributed by atoms with Gasteiger partial charge in [-0.3, -0.25) is 0 Å². The molecule has 1 aliphatic rings. The van der Waals surface area contributed by atoms with Crippen LogP contribution in [0.5, 0.6) is 5.75 Å². The molecule has 0 bridgehead atoms. The van der Waals surface area contributed by atoms with E-state index in [1.54, 1.807) is 23.6 Å². The van der Waals surface area contributed by atoms with Crippen LogP contribution in [0.2, 0.25) is 0 Å². The van der Waals surface area contributed by atoms with Gasteiger partial charge in [0.1, 0.15) is 40.8 Å². The van der Waals surface area contributed by atoms with Crippen LogP contribution >= 0.6 is 11.3 Å². The van der Waals surface area contributed by atoms with Gasteiger partial charge in [-0.1, -0.05) is 5.16 Å². The van der Waals surface area contributed by atoms with Crippen molar-refractivity contribution < 1.29 is 32.7 Å². The third kappa shape index (κ3) is 4.15. The average molecular weight is 417 g/mol. The fourth-order valence-electron chi connectivity index (χ4n) is 2.88. The van der Waals surface area contributed by atoms with Crippen molar-refractivity contribution in [1.29, 1.82) is 0 Å². The summed E-state index contributed by atoms with van der Waals surface area (Å²) in [5, 5.41) is 5.65. The maximum atomic E-state index is 13.7. The van der Waals surface area contributed by atoms with Crippen LogP contribution in [-0.4, -0.2) is 26.1 Å². The third-order valence-electron chi connectivity index (χ3n) is 4.15. The monoisotopic (exact) mass is 417 g/mol. The summed E-state index contributed by atoms with van der Waals surface area (Å²) in [6.45, 7) is 0.427. The van der Waals surface area contributed by atoms with Gasteiger partial charge in [0.2, 0.25) is 0 Å². The number of nitrogens with zero attached hydrogens (tertiary/aromatic N) is 1. The van der Waals surface area contributed by atoms with Gasteiger partial charge >= 0.3 is 5.97 Å². The van der Waals surface area contributed by atoms with Gasteiger partial charge in [0.15, 0.2) is 6.79 Å². The summed E-state index contributed by atoms with van der Waals surface area (Å²) in [5.41, 5.74) is 1.82.